The standard InChI is InChI=1S/C15H15NO2S/c1-18-13-8-3-2-5-10(13)9-14-16-11-6-4-7-12(17)15(11)19-14/h2-3,5,8H,4,6-7,9H2,1H3. The van der Waals surface area contributed by atoms with Gasteiger partial charge in [0.1, 0.15) is 5.75 Å². The molecule has 0 amide bonds. The number of nitrogens with zero attached hydrogens (tertiary/aromatic N) is 1. The Labute approximate surface area is 116 Å². The highest BCUT2D eigenvalue weighted by atomic mass is 32.1. The van der Waals surface area contributed by atoms with Gasteiger partial charge in [0.25, 0.3) is 0 Å². The van der Waals surface area contributed by atoms with Crippen LogP contribution in [0.4, 0.5) is 0 Å². The maximum atomic E-state index is 11.8. The van der Waals surface area contributed by atoms with Gasteiger partial charge in [-0.2, -0.15) is 0 Å². The summed E-state index contributed by atoms with van der Waals surface area (Å²) in [5.74, 6) is 1.13. The fraction of sp³-hybridized carbons (Fsp3) is 0.333. The summed E-state index contributed by atoms with van der Waals surface area (Å²) in [5.41, 5.74) is 2.11. The Morgan fingerprint density at radius 2 is 2.16 bits per heavy atom. The van der Waals surface area contributed by atoms with Gasteiger partial charge >= 0.3 is 0 Å². The summed E-state index contributed by atoms with van der Waals surface area (Å²) in [5, 5.41) is 1.00. The van der Waals surface area contributed by atoms with E-state index in [0.717, 1.165) is 46.2 Å². The van der Waals surface area contributed by atoms with E-state index in [9.17, 15) is 4.79 Å². The number of rotatable bonds is 3. The fourth-order valence-electron chi connectivity index (χ4n) is 2.41. The fourth-order valence-corrected chi connectivity index (χ4v) is 3.51. The first-order valence-electron chi connectivity index (χ1n) is 6.41. The van der Waals surface area contributed by atoms with E-state index in [-0.39, 0.29) is 5.78 Å². The molecule has 0 radical (unpaired) electrons. The number of Topliss-reactive ketones (excluding diaryl/α,β-unsaturated/α-hetero) is 1. The monoisotopic (exact) mass is 273 g/mol. The van der Waals surface area contributed by atoms with Gasteiger partial charge in [-0.3, -0.25) is 4.79 Å². The summed E-state index contributed by atoms with van der Waals surface area (Å²) < 4.78 is 5.35. The molecule has 0 unspecified atom stereocenters. The van der Waals surface area contributed by atoms with Crippen molar-refractivity contribution >= 4 is 17.1 Å². The molecule has 0 saturated carbocycles. The minimum Gasteiger partial charge on any atom is -0.496 e. The summed E-state index contributed by atoms with van der Waals surface area (Å²) in [4.78, 5) is 17.3. The molecule has 0 saturated heterocycles. The number of hydrogen-bond donors (Lipinski definition) is 0. The Balaban J connectivity index is 1.90. The number of hydrogen-bond acceptors (Lipinski definition) is 4. The molecule has 3 rings (SSSR count). The zero-order valence-electron chi connectivity index (χ0n) is 10.8. The molecule has 4 heteroatoms. The van der Waals surface area contributed by atoms with Crippen molar-refractivity contribution in [2.45, 2.75) is 25.7 Å². The van der Waals surface area contributed by atoms with Gasteiger partial charge < -0.3 is 4.74 Å². The van der Waals surface area contributed by atoms with Gasteiger partial charge in [-0.25, -0.2) is 4.98 Å². The number of ether oxygens (including phenoxy) is 1. The Morgan fingerprint density at radius 3 is 2.95 bits per heavy atom. The number of para-hydroxylation sites is 1. The lowest BCUT2D eigenvalue weighted by atomic mass is 10.0. The molecule has 3 nitrogen and oxygen atoms in total. The number of fused-ring (bicyclic) bond motifs is 1. The average molecular weight is 273 g/mol. The Bertz CT molecular complexity index is 618. The smallest absolute Gasteiger partial charge is 0.174 e. The molecule has 1 heterocycles. The first-order valence-corrected chi connectivity index (χ1v) is 7.23. The molecule has 19 heavy (non-hydrogen) atoms. The zero-order chi connectivity index (χ0) is 13.2. The van der Waals surface area contributed by atoms with Crippen molar-refractivity contribution in [3.63, 3.8) is 0 Å². The quantitative estimate of drug-likeness (QED) is 0.861. The second-order valence-electron chi connectivity index (χ2n) is 4.65. The lowest BCUT2D eigenvalue weighted by Gasteiger charge is -2.06. The van der Waals surface area contributed by atoms with Gasteiger partial charge in [-0.05, 0) is 18.9 Å². The second kappa shape index (κ2) is 5.13. The number of carbonyl (C=O) groups excluding carboxylic acids is 1. The highest BCUT2D eigenvalue weighted by molar-refractivity contribution is 7.13. The van der Waals surface area contributed by atoms with Crippen LogP contribution >= 0.6 is 11.3 Å². The lowest BCUT2D eigenvalue weighted by molar-refractivity contribution is 0.0976. The third-order valence-electron chi connectivity index (χ3n) is 3.35. The van der Waals surface area contributed by atoms with Crippen LogP contribution in [0.15, 0.2) is 24.3 Å². The zero-order valence-corrected chi connectivity index (χ0v) is 11.6. The molecule has 0 atom stereocenters. The van der Waals surface area contributed by atoms with Crippen molar-refractivity contribution in [1.29, 1.82) is 0 Å². The van der Waals surface area contributed by atoms with Crippen molar-refractivity contribution < 1.29 is 9.53 Å². The lowest BCUT2D eigenvalue weighted by Crippen LogP contribution is -2.07. The van der Waals surface area contributed by atoms with E-state index in [1.165, 1.54) is 0 Å². The SMILES string of the molecule is COc1ccccc1Cc1nc2c(s1)C(=O)CCC2. The molecule has 0 spiro atoms. The van der Waals surface area contributed by atoms with Crippen LogP contribution in [0.25, 0.3) is 0 Å². The van der Waals surface area contributed by atoms with Crippen molar-refractivity contribution in [2.24, 2.45) is 0 Å². The van der Waals surface area contributed by atoms with E-state index in [1.807, 2.05) is 24.3 Å². The van der Waals surface area contributed by atoms with Gasteiger partial charge in [0.2, 0.25) is 0 Å². The number of carbonyl (C=O) groups is 1. The number of methoxy groups -OCH3 is 1. The summed E-state index contributed by atoms with van der Waals surface area (Å²) in [6.07, 6.45) is 3.27. The molecule has 1 aliphatic carbocycles. The van der Waals surface area contributed by atoms with Crippen LogP contribution < -0.4 is 4.74 Å². The molecule has 2 aromatic rings. The molecule has 0 bridgehead atoms. The summed E-state index contributed by atoms with van der Waals surface area (Å²) in [7, 11) is 1.68. The third-order valence-corrected chi connectivity index (χ3v) is 4.49. The van der Waals surface area contributed by atoms with Gasteiger partial charge in [-0.1, -0.05) is 18.2 Å². The van der Waals surface area contributed by atoms with E-state index in [4.69, 9.17) is 4.74 Å². The molecule has 0 fully saturated rings. The molecule has 0 N–H and O–H groups in total. The van der Waals surface area contributed by atoms with Crippen molar-refractivity contribution in [2.75, 3.05) is 7.11 Å². The van der Waals surface area contributed by atoms with Gasteiger partial charge in [-0.15, -0.1) is 11.3 Å². The molecule has 1 aromatic heterocycles. The Morgan fingerprint density at radius 1 is 1.32 bits per heavy atom. The van der Waals surface area contributed by atoms with Crippen molar-refractivity contribution in [1.82, 2.24) is 4.98 Å². The minimum absolute atomic E-state index is 0.255. The molecular weight excluding hydrogens is 258 g/mol. The minimum atomic E-state index is 0.255. The van der Waals surface area contributed by atoms with E-state index in [0.29, 0.717) is 6.42 Å². The van der Waals surface area contributed by atoms with Crippen LogP contribution in [0.1, 0.15) is 38.8 Å². The first-order chi connectivity index (χ1) is 9.28. The molecular formula is C15H15NO2S. The van der Waals surface area contributed by atoms with Crippen LogP contribution in [0, 0.1) is 0 Å². The predicted octanol–water partition coefficient (Wildman–Crippen LogP) is 3.26. The first kappa shape index (κ1) is 12.4. The van der Waals surface area contributed by atoms with E-state index in [1.54, 1.807) is 18.4 Å². The van der Waals surface area contributed by atoms with Gasteiger partial charge in [0, 0.05) is 18.4 Å². The maximum Gasteiger partial charge on any atom is 0.174 e. The van der Waals surface area contributed by atoms with Gasteiger partial charge in [0.15, 0.2) is 5.78 Å². The highest BCUT2D eigenvalue weighted by Crippen LogP contribution is 2.29. The van der Waals surface area contributed by atoms with E-state index < -0.39 is 0 Å². The maximum absolute atomic E-state index is 11.8. The third kappa shape index (κ3) is 2.40. The predicted molar refractivity (Wildman–Crippen MR) is 75.2 cm³/mol. The van der Waals surface area contributed by atoms with Gasteiger partial charge in [0.05, 0.1) is 22.7 Å². The van der Waals surface area contributed by atoms with Crippen molar-refractivity contribution in [3.05, 3.63) is 45.4 Å². The van der Waals surface area contributed by atoms with E-state index >= 15 is 0 Å². The van der Waals surface area contributed by atoms with Crippen LogP contribution in [0.3, 0.4) is 0 Å². The largest absolute Gasteiger partial charge is 0.496 e. The number of ketones is 1. The van der Waals surface area contributed by atoms with Crippen LogP contribution in [-0.2, 0) is 12.8 Å². The summed E-state index contributed by atoms with van der Waals surface area (Å²) >= 11 is 1.54. The average Bonchev–Trinajstić information content (AvgIpc) is 2.83. The normalized spacial score (nSPS) is 14.3. The molecule has 1 aromatic carbocycles. The Hall–Kier alpha value is -1.68. The summed E-state index contributed by atoms with van der Waals surface area (Å²) in [6.45, 7) is 0. The van der Waals surface area contributed by atoms with E-state index in [2.05, 4.69) is 4.98 Å². The number of aromatic nitrogens is 1. The topological polar surface area (TPSA) is 39.2 Å². The number of thiazole rings is 1. The number of benzene rings is 1. The molecule has 1 aliphatic rings. The molecule has 98 valence electrons. The van der Waals surface area contributed by atoms with Crippen molar-refractivity contribution in [3.8, 4) is 5.75 Å². The highest BCUT2D eigenvalue weighted by Gasteiger charge is 2.22. The van der Waals surface area contributed by atoms with Crippen LogP contribution in [0.2, 0.25) is 0 Å². The summed E-state index contributed by atoms with van der Waals surface area (Å²) in [6, 6.07) is 7.95. The molecule has 0 aliphatic heterocycles. The van der Waals surface area contributed by atoms with Crippen LogP contribution in [0.5, 0.6) is 5.75 Å². The Kier molecular flexibility index (Phi) is 3.34. The second-order valence-corrected chi connectivity index (χ2v) is 5.73. The number of aryl methyl sites for hydroxylation is 1. The van der Waals surface area contributed by atoms with Crippen LogP contribution in [-0.4, -0.2) is 17.9 Å².